The molecule has 0 aromatic rings. The van der Waals surface area contributed by atoms with Gasteiger partial charge in [-0.2, -0.15) is 0 Å². The molecule has 1 aliphatic carbocycles. The molecule has 0 bridgehead atoms. The minimum absolute atomic E-state index is 0.536. The Hall–Kier alpha value is -0.0800. The highest BCUT2D eigenvalue weighted by Crippen LogP contribution is 2.19. The molecule has 0 spiro atoms. The van der Waals surface area contributed by atoms with Gasteiger partial charge in [0.2, 0.25) is 0 Å². The van der Waals surface area contributed by atoms with Crippen LogP contribution in [0, 0.1) is 0 Å². The molecule has 2 heteroatoms. The van der Waals surface area contributed by atoms with Crippen LogP contribution in [0.4, 0.5) is 0 Å². The number of unbranched alkanes of at least 4 members (excludes halogenated alkanes) is 6. The van der Waals surface area contributed by atoms with Gasteiger partial charge < -0.3 is 0 Å². The van der Waals surface area contributed by atoms with Crippen LogP contribution < -0.4 is 10.6 Å². The summed E-state index contributed by atoms with van der Waals surface area (Å²) < 4.78 is 0. The van der Waals surface area contributed by atoms with Crippen molar-refractivity contribution in [3.8, 4) is 0 Å². The lowest BCUT2D eigenvalue weighted by Crippen LogP contribution is -2.49. The van der Waals surface area contributed by atoms with Crippen LogP contribution in [0.25, 0.3) is 0 Å². The molecule has 0 saturated heterocycles. The van der Waals surface area contributed by atoms with E-state index in [-0.39, 0.29) is 0 Å². The van der Waals surface area contributed by atoms with Crippen LogP contribution in [0.5, 0.6) is 0 Å². The Labute approximate surface area is 127 Å². The average Bonchev–Trinajstić information content (AvgIpc) is 2.89. The van der Waals surface area contributed by atoms with Gasteiger partial charge >= 0.3 is 0 Å². The first-order chi connectivity index (χ1) is 9.72. The zero-order valence-electron chi connectivity index (χ0n) is 14.2. The second-order valence-electron chi connectivity index (χ2n) is 6.93. The fourth-order valence-corrected chi connectivity index (χ4v) is 3.30. The maximum atomic E-state index is 3.85. The monoisotopic (exact) mass is 282 g/mol. The van der Waals surface area contributed by atoms with Crippen LogP contribution in [0.1, 0.15) is 97.8 Å². The number of hydrogen-bond donors (Lipinski definition) is 2. The van der Waals surface area contributed by atoms with E-state index in [4.69, 9.17) is 0 Å². The molecule has 2 nitrogen and oxygen atoms in total. The molecule has 0 heterocycles. The van der Waals surface area contributed by atoms with Crippen molar-refractivity contribution in [1.29, 1.82) is 0 Å². The van der Waals surface area contributed by atoms with Crippen molar-refractivity contribution in [2.75, 3.05) is 0 Å². The van der Waals surface area contributed by atoms with Gasteiger partial charge in [0.05, 0.1) is 6.17 Å². The van der Waals surface area contributed by atoms with E-state index in [0.29, 0.717) is 12.2 Å². The molecule has 0 amide bonds. The van der Waals surface area contributed by atoms with Crippen LogP contribution in [-0.4, -0.2) is 18.2 Å². The molecule has 1 saturated carbocycles. The largest absolute Gasteiger partial charge is 0.300 e. The van der Waals surface area contributed by atoms with Crippen LogP contribution in [0.3, 0.4) is 0 Å². The van der Waals surface area contributed by atoms with Crippen LogP contribution in [0.2, 0.25) is 0 Å². The van der Waals surface area contributed by atoms with Gasteiger partial charge in [-0.05, 0) is 33.1 Å². The van der Waals surface area contributed by atoms with Gasteiger partial charge in [0.15, 0.2) is 0 Å². The zero-order valence-corrected chi connectivity index (χ0v) is 14.2. The van der Waals surface area contributed by atoms with E-state index in [1.807, 2.05) is 0 Å². The second kappa shape index (κ2) is 11.6. The molecule has 0 radical (unpaired) electrons. The zero-order chi connectivity index (χ0) is 14.6. The van der Waals surface area contributed by atoms with Gasteiger partial charge in [-0.15, -0.1) is 0 Å². The average molecular weight is 283 g/mol. The van der Waals surface area contributed by atoms with Crippen LogP contribution >= 0.6 is 0 Å². The Bertz CT molecular complexity index is 209. The third kappa shape index (κ3) is 8.97. The molecule has 0 aromatic carbocycles. The van der Waals surface area contributed by atoms with Gasteiger partial charge in [-0.25, -0.2) is 0 Å². The van der Waals surface area contributed by atoms with E-state index >= 15 is 0 Å². The summed E-state index contributed by atoms with van der Waals surface area (Å²) >= 11 is 0. The van der Waals surface area contributed by atoms with Crippen molar-refractivity contribution in [2.24, 2.45) is 0 Å². The predicted molar refractivity (Wildman–Crippen MR) is 90.1 cm³/mol. The van der Waals surface area contributed by atoms with Gasteiger partial charge in [0.1, 0.15) is 0 Å². The quantitative estimate of drug-likeness (QED) is 0.389. The molecule has 0 aliphatic heterocycles. The van der Waals surface area contributed by atoms with Crippen molar-refractivity contribution < 1.29 is 0 Å². The Morgan fingerprint density at radius 1 is 0.900 bits per heavy atom. The number of nitrogens with one attached hydrogen (secondary N) is 2. The SMILES string of the molecule is CCCCCCCCCC(NC(C)C)NC1CCCC1. The first kappa shape index (κ1) is 18.0. The highest BCUT2D eigenvalue weighted by atomic mass is 15.1. The molecule has 1 unspecified atom stereocenters. The number of rotatable bonds is 12. The van der Waals surface area contributed by atoms with E-state index in [1.54, 1.807) is 0 Å². The van der Waals surface area contributed by atoms with Crippen molar-refractivity contribution in [3.63, 3.8) is 0 Å². The van der Waals surface area contributed by atoms with Gasteiger partial charge in [0, 0.05) is 12.1 Å². The topological polar surface area (TPSA) is 24.1 Å². The third-order valence-corrected chi connectivity index (χ3v) is 4.42. The minimum Gasteiger partial charge on any atom is -0.300 e. The minimum atomic E-state index is 0.536. The Morgan fingerprint density at radius 2 is 1.50 bits per heavy atom. The molecule has 2 N–H and O–H groups in total. The van der Waals surface area contributed by atoms with Gasteiger partial charge in [-0.1, -0.05) is 64.7 Å². The first-order valence-corrected chi connectivity index (χ1v) is 9.24. The van der Waals surface area contributed by atoms with Gasteiger partial charge in [0.25, 0.3) is 0 Å². The molecular formula is C18H38N2. The summed E-state index contributed by atoms with van der Waals surface area (Å²) in [4.78, 5) is 0. The highest BCUT2D eigenvalue weighted by molar-refractivity contribution is 4.78. The predicted octanol–water partition coefficient (Wildman–Crippen LogP) is 4.98. The lowest BCUT2D eigenvalue weighted by molar-refractivity contribution is 0.323. The molecular weight excluding hydrogens is 244 g/mol. The van der Waals surface area contributed by atoms with E-state index in [9.17, 15) is 0 Å². The fraction of sp³-hybridized carbons (Fsp3) is 1.00. The van der Waals surface area contributed by atoms with Crippen molar-refractivity contribution in [1.82, 2.24) is 10.6 Å². The summed E-state index contributed by atoms with van der Waals surface area (Å²) in [6.45, 7) is 6.80. The third-order valence-electron chi connectivity index (χ3n) is 4.42. The van der Waals surface area contributed by atoms with E-state index in [2.05, 4.69) is 31.4 Å². The first-order valence-electron chi connectivity index (χ1n) is 9.24. The highest BCUT2D eigenvalue weighted by Gasteiger charge is 2.19. The van der Waals surface area contributed by atoms with Gasteiger partial charge in [-0.3, -0.25) is 10.6 Å². The Balaban J connectivity index is 2.09. The standard InChI is InChI=1S/C18H38N2/c1-4-5-6-7-8-9-10-15-18(19-16(2)3)20-17-13-11-12-14-17/h16-20H,4-15H2,1-3H3. The Morgan fingerprint density at radius 3 is 2.10 bits per heavy atom. The number of hydrogen-bond acceptors (Lipinski definition) is 2. The normalized spacial score (nSPS) is 18.0. The summed E-state index contributed by atoms with van der Waals surface area (Å²) in [6.07, 6.45) is 17.3. The van der Waals surface area contributed by atoms with Crippen molar-refractivity contribution in [2.45, 2.75) is 116 Å². The summed E-state index contributed by atoms with van der Waals surface area (Å²) in [6, 6.07) is 1.36. The van der Waals surface area contributed by atoms with Crippen molar-refractivity contribution in [3.05, 3.63) is 0 Å². The van der Waals surface area contributed by atoms with E-state index < -0.39 is 0 Å². The molecule has 1 fully saturated rings. The molecule has 1 atom stereocenters. The lowest BCUT2D eigenvalue weighted by atomic mass is 10.1. The van der Waals surface area contributed by atoms with Crippen LogP contribution in [-0.2, 0) is 0 Å². The molecule has 1 aliphatic rings. The molecule has 1 rings (SSSR count). The maximum absolute atomic E-state index is 3.85. The second-order valence-corrected chi connectivity index (χ2v) is 6.93. The van der Waals surface area contributed by atoms with Crippen molar-refractivity contribution >= 4 is 0 Å². The molecule has 120 valence electrons. The fourth-order valence-electron chi connectivity index (χ4n) is 3.30. The molecule has 20 heavy (non-hydrogen) atoms. The smallest absolute Gasteiger partial charge is 0.0575 e. The maximum Gasteiger partial charge on any atom is 0.0575 e. The summed E-state index contributed by atoms with van der Waals surface area (Å²) in [5.41, 5.74) is 0. The molecule has 0 aromatic heterocycles. The summed E-state index contributed by atoms with van der Waals surface area (Å²) in [5.74, 6) is 0. The lowest BCUT2D eigenvalue weighted by Gasteiger charge is -2.26. The summed E-state index contributed by atoms with van der Waals surface area (Å²) in [7, 11) is 0. The summed E-state index contributed by atoms with van der Waals surface area (Å²) in [5, 5.41) is 7.55. The van der Waals surface area contributed by atoms with E-state index in [0.717, 1.165) is 6.04 Å². The Kier molecular flexibility index (Phi) is 10.4. The van der Waals surface area contributed by atoms with E-state index in [1.165, 1.54) is 77.0 Å². The van der Waals surface area contributed by atoms with Crippen LogP contribution in [0.15, 0.2) is 0 Å².